The van der Waals surface area contributed by atoms with Gasteiger partial charge >= 0.3 is 6.18 Å². The second-order valence-electron chi connectivity index (χ2n) is 4.07. The van der Waals surface area contributed by atoms with Crippen molar-refractivity contribution < 1.29 is 27.5 Å². The quantitative estimate of drug-likeness (QED) is 0.937. The molecule has 2 aromatic rings. The molecule has 0 saturated carbocycles. The van der Waals surface area contributed by atoms with Crippen LogP contribution in [0.2, 0.25) is 0 Å². The van der Waals surface area contributed by atoms with Crippen LogP contribution in [0.3, 0.4) is 0 Å². The molecule has 108 valence electrons. The number of ether oxygens (including phenoxy) is 1. The first-order valence-corrected chi connectivity index (χ1v) is 5.63. The summed E-state index contributed by atoms with van der Waals surface area (Å²) in [5.74, 6) is 0.187. The van der Waals surface area contributed by atoms with Crippen LogP contribution in [-0.4, -0.2) is 28.0 Å². The Labute approximate surface area is 112 Å². The van der Waals surface area contributed by atoms with Gasteiger partial charge in [-0.1, -0.05) is 11.2 Å². The summed E-state index contributed by atoms with van der Waals surface area (Å²) < 4.78 is 45.1. The highest BCUT2D eigenvalue weighted by molar-refractivity contribution is 5.61. The smallest absolute Gasteiger partial charge is 0.411 e. The number of alkyl halides is 3. The van der Waals surface area contributed by atoms with Crippen molar-refractivity contribution in [3.05, 3.63) is 29.6 Å². The Hall–Kier alpha value is -2.09. The average molecular weight is 288 g/mol. The van der Waals surface area contributed by atoms with Gasteiger partial charge < -0.3 is 14.4 Å². The molecule has 0 saturated heterocycles. The van der Waals surface area contributed by atoms with Gasteiger partial charge in [0.25, 0.3) is 5.89 Å². The van der Waals surface area contributed by atoms with Crippen molar-refractivity contribution in [2.45, 2.75) is 19.7 Å². The third kappa shape index (κ3) is 3.47. The number of halogens is 3. The lowest BCUT2D eigenvalue weighted by Crippen LogP contribution is -2.16. The van der Waals surface area contributed by atoms with Crippen molar-refractivity contribution in [3.8, 4) is 17.2 Å². The molecular formula is C12H11F3N2O3. The van der Waals surface area contributed by atoms with Crippen LogP contribution in [0.15, 0.2) is 22.7 Å². The van der Waals surface area contributed by atoms with Crippen LogP contribution in [0.1, 0.15) is 11.4 Å². The Morgan fingerprint density at radius 2 is 2.10 bits per heavy atom. The number of rotatable bonds is 4. The van der Waals surface area contributed by atoms with E-state index in [1.807, 2.05) is 0 Å². The van der Waals surface area contributed by atoms with Crippen molar-refractivity contribution in [2.24, 2.45) is 0 Å². The molecule has 1 aromatic carbocycles. The maximum Gasteiger partial charge on any atom is 0.411 e. The van der Waals surface area contributed by atoms with Gasteiger partial charge in [-0.2, -0.15) is 18.2 Å². The van der Waals surface area contributed by atoms with Gasteiger partial charge in [-0.3, -0.25) is 0 Å². The van der Waals surface area contributed by atoms with E-state index in [4.69, 9.17) is 4.52 Å². The first kappa shape index (κ1) is 14.3. The molecule has 5 nitrogen and oxygen atoms in total. The van der Waals surface area contributed by atoms with E-state index in [0.717, 1.165) is 0 Å². The Kier molecular flexibility index (Phi) is 3.93. The van der Waals surface area contributed by atoms with E-state index in [-0.39, 0.29) is 17.5 Å². The minimum absolute atomic E-state index is 0.00647. The van der Waals surface area contributed by atoms with Gasteiger partial charge in [0.05, 0.1) is 0 Å². The molecule has 1 N–H and O–H groups in total. The monoisotopic (exact) mass is 288 g/mol. The SMILES string of the molecule is Cc1c(O)cccc1-c1nc(COCC(F)(F)F)no1. The molecule has 2 rings (SSSR count). The molecule has 1 aromatic heterocycles. The summed E-state index contributed by atoms with van der Waals surface area (Å²) in [6.45, 7) is -0.113. The van der Waals surface area contributed by atoms with Crippen LogP contribution in [0.4, 0.5) is 13.2 Å². The Balaban J connectivity index is 2.07. The molecule has 0 aliphatic carbocycles. The fourth-order valence-corrected chi connectivity index (χ4v) is 1.54. The summed E-state index contributed by atoms with van der Waals surface area (Å²) >= 11 is 0. The lowest BCUT2D eigenvalue weighted by Gasteiger charge is -2.04. The zero-order chi connectivity index (χ0) is 14.8. The van der Waals surface area contributed by atoms with Gasteiger partial charge in [0.15, 0.2) is 5.82 Å². The number of phenolic OH excluding ortho intramolecular Hbond substituents is 1. The fourth-order valence-electron chi connectivity index (χ4n) is 1.54. The van der Waals surface area contributed by atoms with E-state index in [2.05, 4.69) is 14.9 Å². The summed E-state index contributed by atoms with van der Waals surface area (Å²) in [6.07, 6.45) is -4.39. The predicted octanol–water partition coefficient (Wildman–Crippen LogP) is 2.83. The molecule has 8 heteroatoms. The van der Waals surface area contributed by atoms with Crippen molar-refractivity contribution in [1.29, 1.82) is 0 Å². The molecule has 0 spiro atoms. The normalized spacial score (nSPS) is 11.8. The average Bonchev–Trinajstić information content (AvgIpc) is 2.79. The van der Waals surface area contributed by atoms with E-state index >= 15 is 0 Å². The van der Waals surface area contributed by atoms with Gasteiger partial charge in [-0.15, -0.1) is 0 Å². The van der Waals surface area contributed by atoms with Crippen LogP contribution >= 0.6 is 0 Å². The van der Waals surface area contributed by atoms with E-state index in [0.29, 0.717) is 11.1 Å². The zero-order valence-electron chi connectivity index (χ0n) is 10.4. The summed E-state index contributed by atoms with van der Waals surface area (Å²) in [7, 11) is 0. The molecule has 1 heterocycles. The number of benzene rings is 1. The molecule has 20 heavy (non-hydrogen) atoms. The molecule has 0 bridgehead atoms. The molecular weight excluding hydrogens is 277 g/mol. The maximum atomic E-state index is 11.9. The minimum atomic E-state index is -4.39. The number of nitrogens with zero attached hydrogens (tertiary/aromatic N) is 2. The highest BCUT2D eigenvalue weighted by Crippen LogP contribution is 2.27. The lowest BCUT2D eigenvalue weighted by molar-refractivity contribution is -0.177. The molecule has 0 unspecified atom stereocenters. The number of phenols is 1. The Morgan fingerprint density at radius 1 is 1.35 bits per heavy atom. The standard InChI is InChI=1S/C12H11F3N2O3/c1-7-8(3-2-4-9(7)18)11-16-10(17-20-11)5-19-6-12(13,14)15/h2-4,18H,5-6H2,1H3. The zero-order valence-corrected chi connectivity index (χ0v) is 10.4. The van der Waals surface area contributed by atoms with Crippen molar-refractivity contribution in [3.63, 3.8) is 0 Å². The first-order valence-electron chi connectivity index (χ1n) is 5.63. The number of hydrogen-bond donors (Lipinski definition) is 1. The van der Waals surface area contributed by atoms with E-state index < -0.39 is 19.4 Å². The third-order valence-electron chi connectivity index (χ3n) is 2.50. The van der Waals surface area contributed by atoms with Gasteiger partial charge in [-0.25, -0.2) is 0 Å². The van der Waals surface area contributed by atoms with Gasteiger partial charge in [0, 0.05) is 11.1 Å². The van der Waals surface area contributed by atoms with Gasteiger partial charge in [0.2, 0.25) is 0 Å². The van der Waals surface area contributed by atoms with Crippen LogP contribution in [0.5, 0.6) is 5.75 Å². The minimum Gasteiger partial charge on any atom is -0.508 e. The third-order valence-corrected chi connectivity index (χ3v) is 2.50. The van der Waals surface area contributed by atoms with Crippen LogP contribution in [0, 0.1) is 6.92 Å². The molecule has 0 radical (unpaired) electrons. The Morgan fingerprint density at radius 3 is 2.80 bits per heavy atom. The van der Waals surface area contributed by atoms with E-state index in [1.165, 1.54) is 6.07 Å². The van der Waals surface area contributed by atoms with Crippen LogP contribution < -0.4 is 0 Å². The largest absolute Gasteiger partial charge is 0.508 e. The maximum absolute atomic E-state index is 11.9. The highest BCUT2D eigenvalue weighted by atomic mass is 19.4. The topological polar surface area (TPSA) is 68.4 Å². The summed E-state index contributed by atoms with van der Waals surface area (Å²) in [4.78, 5) is 3.92. The van der Waals surface area contributed by atoms with Crippen molar-refractivity contribution in [2.75, 3.05) is 6.61 Å². The molecule has 0 aliphatic rings. The number of aromatic hydroxyl groups is 1. The lowest BCUT2D eigenvalue weighted by atomic mass is 10.1. The number of hydrogen-bond acceptors (Lipinski definition) is 5. The van der Waals surface area contributed by atoms with Crippen LogP contribution in [-0.2, 0) is 11.3 Å². The summed E-state index contributed by atoms with van der Waals surface area (Å²) in [6, 6.07) is 4.76. The van der Waals surface area contributed by atoms with E-state index in [9.17, 15) is 18.3 Å². The molecule has 0 aliphatic heterocycles. The first-order chi connectivity index (χ1) is 9.37. The highest BCUT2D eigenvalue weighted by Gasteiger charge is 2.27. The molecule has 0 amide bonds. The van der Waals surface area contributed by atoms with Crippen molar-refractivity contribution >= 4 is 0 Å². The predicted molar refractivity (Wildman–Crippen MR) is 61.8 cm³/mol. The van der Waals surface area contributed by atoms with Crippen LogP contribution in [0.25, 0.3) is 11.5 Å². The summed E-state index contributed by atoms with van der Waals surface area (Å²) in [5.41, 5.74) is 1.05. The molecule has 0 fully saturated rings. The second kappa shape index (κ2) is 5.49. The Bertz CT molecular complexity index is 596. The van der Waals surface area contributed by atoms with E-state index in [1.54, 1.807) is 19.1 Å². The fraction of sp³-hybridized carbons (Fsp3) is 0.333. The van der Waals surface area contributed by atoms with Crippen molar-refractivity contribution in [1.82, 2.24) is 10.1 Å². The van der Waals surface area contributed by atoms with Gasteiger partial charge in [-0.05, 0) is 19.1 Å². The second-order valence-corrected chi connectivity index (χ2v) is 4.07. The molecule has 0 atom stereocenters. The summed E-state index contributed by atoms with van der Waals surface area (Å²) in [5, 5.41) is 13.1. The number of aromatic nitrogens is 2. The van der Waals surface area contributed by atoms with Gasteiger partial charge in [0.1, 0.15) is 19.0 Å².